The van der Waals surface area contributed by atoms with E-state index in [1.807, 2.05) is 0 Å². The van der Waals surface area contributed by atoms with E-state index in [-0.39, 0.29) is 24.0 Å². The van der Waals surface area contributed by atoms with Crippen LogP contribution in [0.5, 0.6) is 5.75 Å². The van der Waals surface area contributed by atoms with Gasteiger partial charge >= 0.3 is 0 Å². The van der Waals surface area contributed by atoms with Crippen molar-refractivity contribution in [1.29, 1.82) is 0 Å². The summed E-state index contributed by atoms with van der Waals surface area (Å²) in [6.45, 7) is 2.23. The summed E-state index contributed by atoms with van der Waals surface area (Å²) in [6, 6.07) is 9.57. The van der Waals surface area contributed by atoms with Crippen molar-refractivity contribution in [3.63, 3.8) is 0 Å². The maximum atomic E-state index is 12.2. The van der Waals surface area contributed by atoms with Crippen LogP contribution in [0.1, 0.15) is 10.4 Å². The summed E-state index contributed by atoms with van der Waals surface area (Å²) in [5, 5.41) is 2.75. The first kappa shape index (κ1) is 18.7. The van der Waals surface area contributed by atoms with Crippen molar-refractivity contribution in [2.75, 3.05) is 38.2 Å². The fraction of sp³-hybridized carbons (Fsp3) is 0.316. The van der Waals surface area contributed by atoms with Crippen LogP contribution < -0.4 is 15.6 Å². The van der Waals surface area contributed by atoms with Gasteiger partial charge in [0.25, 0.3) is 11.8 Å². The molecule has 8 nitrogen and oxygen atoms in total. The number of aryl methyl sites for hydroxylation is 1. The van der Waals surface area contributed by atoms with E-state index < -0.39 is 0 Å². The van der Waals surface area contributed by atoms with Crippen molar-refractivity contribution in [3.8, 4) is 5.75 Å². The molecular weight excluding hydrogens is 350 g/mol. The molecule has 1 aromatic carbocycles. The van der Waals surface area contributed by atoms with E-state index in [0.29, 0.717) is 43.3 Å². The van der Waals surface area contributed by atoms with E-state index in [1.165, 1.54) is 22.9 Å². The summed E-state index contributed by atoms with van der Waals surface area (Å²) < 4.78 is 12.1. The lowest BCUT2D eigenvalue weighted by atomic mass is 10.2. The van der Waals surface area contributed by atoms with Gasteiger partial charge in [0.2, 0.25) is 5.56 Å². The molecule has 0 aliphatic carbocycles. The quantitative estimate of drug-likeness (QED) is 0.843. The molecule has 0 spiro atoms. The topological polar surface area (TPSA) is 89.9 Å². The molecule has 1 fully saturated rings. The first-order chi connectivity index (χ1) is 13.0. The fourth-order valence-electron chi connectivity index (χ4n) is 2.62. The van der Waals surface area contributed by atoms with Crippen LogP contribution in [0.2, 0.25) is 0 Å². The third kappa shape index (κ3) is 4.95. The van der Waals surface area contributed by atoms with Crippen LogP contribution in [0.25, 0.3) is 0 Å². The van der Waals surface area contributed by atoms with Gasteiger partial charge in [-0.15, -0.1) is 0 Å². The zero-order valence-electron chi connectivity index (χ0n) is 15.0. The molecule has 0 radical (unpaired) electrons. The third-order valence-electron chi connectivity index (χ3n) is 4.19. The highest BCUT2D eigenvalue weighted by Gasteiger charge is 2.17. The molecule has 0 bridgehead atoms. The number of nitrogens with one attached hydrogen (secondary N) is 1. The zero-order valence-corrected chi connectivity index (χ0v) is 15.0. The fourth-order valence-corrected chi connectivity index (χ4v) is 2.62. The van der Waals surface area contributed by atoms with E-state index >= 15 is 0 Å². The smallest absolute Gasteiger partial charge is 0.260 e. The minimum atomic E-state index is -0.318. The van der Waals surface area contributed by atoms with Crippen molar-refractivity contribution < 1.29 is 19.1 Å². The number of hydrogen-bond donors (Lipinski definition) is 1. The zero-order chi connectivity index (χ0) is 19.2. The predicted octanol–water partition coefficient (Wildman–Crippen LogP) is 0.875. The SMILES string of the molecule is Cn1cc(C(=O)Nc2ccc(OCC(=O)N3CCOCC3)cc2)ccc1=O. The number of benzene rings is 1. The summed E-state index contributed by atoms with van der Waals surface area (Å²) in [7, 11) is 1.59. The maximum Gasteiger partial charge on any atom is 0.260 e. The van der Waals surface area contributed by atoms with Crippen LogP contribution in [-0.4, -0.2) is 54.2 Å². The molecule has 1 N–H and O–H groups in total. The molecule has 2 aromatic rings. The van der Waals surface area contributed by atoms with Gasteiger partial charge in [-0.25, -0.2) is 0 Å². The van der Waals surface area contributed by atoms with Gasteiger partial charge in [-0.05, 0) is 30.3 Å². The molecule has 2 heterocycles. The summed E-state index contributed by atoms with van der Waals surface area (Å²) in [5.74, 6) is 0.142. The number of nitrogens with zero attached hydrogens (tertiary/aromatic N) is 2. The molecule has 3 rings (SSSR count). The van der Waals surface area contributed by atoms with Crippen molar-refractivity contribution in [2.45, 2.75) is 0 Å². The standard InChI is InChI=1S/C19H21N3O5/c1-21-12-14(2-7-17(21)23)19(25)20-15-3-5-16(6-4-15)27-13-18(24)22-8-10-26-11-9-22/h2-7,12H,8-11,13H2,1H3,(H,20,25). The van der Waals surface area contributed by atoms with E-state index in [9.17, 15) is 14.4 Å². The highest BCUT2D eigenvalue weighted by molar-refractivity contribution is 6.04. The van der Waals surface area contributed by atoms with Crippen molar-refractivity contribution in [2.24, 2.45) is 7.05 Å². The summed E-state index contributed by atoms with van der Waals surface area (Å²) in [5.41, 5.74) is 0.786. The molecule has 0 atom stereocenters. The Balaban J connectivity index is 1.53. The Morgan fingerprint density at radius 2 is 1.81 bits per heavy atom. The Morgan fingerprint density at radius 3 is 2.48 bits per heavy atom. The van der Waals surface area contributed by atoms with Crippen LogP contribution >= 0.6 is 0 Å². The van der Waals surface area contributed by atoms with Gasteiger partial charge in [-0.1, -0.05) is 0 Å². The average Bonchev–Trinajstić information content (AvgIpc) is 2.70. The number of rotatable bonds is 5. The molecule has 8 heteroatoms. The van der Waals surface area contributed by atoms with Crippen molar-refractivity contribution >= 4 is 17.5 Å². The third-order valence-corrected chi connectivity index (χ3v) is 4.19. The molecule has 27 heavy (non-hydrogen) atoms. The number of aromatic nitrogens is 1. The van der Waals surface area contributed by atoms with Crippen LogP contribution in [0.15, 0.2) is 47.4 Å². The molecule has 1 saturated heterocycles. The lowest BCUT2D eigenvalue weighted by Gasteiger charge is -2.26. The Morgan fingerprint density at radius 1 is 1.11 bits per heavy atom. The summed E-state index contributed by atoms with van der Waals surface area (Å²) in [6.07, 6.45) is 1.48. The number of anilines is 1. The second kappa shape index (κ2) is 8.50. The predicted molar refractivity (Wildman–Crippen MR) is 99.0 cm³/mol. The number of carbonyl (C=O) groups excluding carboxylic acids is 2. The molecule has 0 saturated carbocycles. The Bertz CT molecular complexity index is 870. The van der Waals surface area contributed by atoms with Gasteiger partial charge in [0, 0.05) is 38.1 Å². The lowest BCUT2D eigenvalue weighted by molar-refractivity contribution is -0.137. The van der Waals surface area contributed by atoms with Gasteiger partial charge in [-0.2, -0.15) is 0 Å². The molecule has 0 unspecified atom stereocenters. The second-order valence-corrected chi connectivity index (χ2v) is 6.13. The van der Waals surface area contributed by atoms with Crippen LogP contribution in [0.4, 0.5) is 5.69 Å². The molecule has 1 aliphatic heterocycles. The normalized spacial score (nSPS) is 13.9. The van der Waals surface area contributed by atoms with Gasteiger partial charge in [0.1, 0.15) is 5.75 Å². The van der Waals surface area contributed by atoms with Gasteiger partial charge in [-0.3, -0.25) is 14.4 Å². The molecule has 1 aromatic heterocycles. The lowest BCUT2D eigenvalue weighted by Crippen LogP contribution is -2.42. The van der Waals surface area contributed by atoms with Crippen molar-refractivity contribution in [1.82, 2.24) is 9.47 Å². The number of carbonyl (C=O) groups is 2. The van der Waals surface area contributed by atoms with Gasteiger partial charge < -0.3 is 24.3 Å². The van der Waals surface area contributed by atoms with Crippen molar-refractivity contribution in [3.05, 3.63) is 58.5 Å². The van der Waals surface area contributed by atoms with Crippen LogP contribution in [0.3, 0.4) is 0 Å². The van der Waals surface area contributed by atoms with E-state index in [0.717, 1.165) is 0 Å². The Hall–Kier alpha value is -3.13. The highest BCUT2D eigenvalue weighted by Crippen LogP contribution is 2.16. The number of morpholine rings is 1. The van der Waals surface area contributed by atoms with Gasteiger partial charge in [0.15, 0.2) is 6.61 Å². The average molecular weight is 371 g/mol. The minimum Gasteiger partial charge on any atom is -0.484 e. The summed E-state index contributed by atoms with van der Waals surface area (Å²) in [4.78, 5) is 37.4. The molecule has 142 valence electrons. The Labute approximate surface area is 156 Å². The first-order valence-corrected chi connectivity index (χ1v) is 8.59. The molecule has 1 aliphatic rings. The van der Waals surface area contributed by atoms with Crippen LogP contribution in [-0.2, 0) is 16.6 Å². The van der Waals surface area contributed by atoms with E-state index in [1.54, 1.807) is 36.2 Å². The number of ether oxygens (including phenoxy) is 2. The van der Waals surface area contributed by atoms with Gasteiger partial charge in [0.05, 0.1) is 18.8 Å². The number of pyridine rings is 1. The maximum absolute atomic E-state index is 12.2. The molecule has 2 amide bonds. The Kier molecular flexibility index (Phi) is 5.87. The van der Waals surface area contributed by atoms with E-state index in [2.05, 4.69) is 5.32 Å². The van der Waals surface area contributed by atoms with Crippen LogP contribution in [0, 0.1) is 0 Å². The minimum absolute atomic E-state index is 0.0379. The largest absolute Gasteiger partial charge is 0.484 e. The van der Waals surface area contributed by atoms with E-state index in [4.69, 9.17) is 9.47 Å². The first-order valence-electron chi connectivity index (χ1n) is 8.59. The number of hydrogen-bond acceptors (Lipinski definition) is 5. The highest BCUT2D eigenvalue weighted by atomic mass is 16.5. The number of amides is 2. The monoisotopic (exact) mass is 371 g/mol. The summed E-state index contributed by atoms with van der Waals surface area (Å²) >= 11 is 0. The second-order valence-electron chi connectivity index (χ2n) is 6.13. The molecular formula is C19H21N3O5.